The van der Waals surface area contributed by atoms with Gasteiger partial charge in [0.05, 0.1) is 12.0 Å². The van der Waals surface area contributed by atoms with Crippen LogP contribution in [0.1, 0.15) is 54.5 Å². The fraction of sp³-hybridized carbons (Fsp3) is 0.423. The Bertz CT molecular complexity index is 882. The van der Waals surface area contributed by atoms with Crippen LogP contribution in [0.2, 0.25) is 0 Å². The summed E-state index contributed by atoms with van der Waals surface area (Å²) in [5, 5.41) is 2.33. The number of fused-ring (bicyclic) bond motifs is 1. The monoisotopic (exact) mass is 406 g/mol. The van der Waals surface area contributed by atoms with Gasteiger partial charge in [0, 0.05) is 19.3 Å². The van der Waals surface area contributed by atoms with E-state index < -0.39 is 0 Å². The highest BCUT2D eigenvalue weighted by atomic mass is 32.2. The van der Waals surface area contributed by atoms with E-state index in [2.05, 4.69) is 72.5 Å². The van der Waals surface area contributed by atoms with Crippen molar-refractivity contribution in [3.05, 3.63) is 69.6 Å². The molecular weight excluding hydrogens is 372 g/mol. The van der Waals surface area contributed by atoms with Crippen molar-refractivity contribution in [3.63, 3.8) is 0 Å². The highest BCUT2D eigenvalue weighted by molar-refractivity contribution is 8.02. The van der Waals surface area contributed by atoms with E-state index in [0.29, 0.717) is 0 Å². The maximum atomic E-state index is 4.59. The average molecular weight is 407 g/mol. The van der Waals surface area contributed by atoms with Gasteiger partial charge in [-0.2, -0.15) is 0 Å². The summed E-state index contributed by atoms with van der Waals surface area (Å²) in [7, 11) is 2.05. The third-order valence-electron chi connectivity index (χ3n) is 5.73. The summed E-state index contributed by atoms with van der Waals surface area (Å²) < 4.78 is 0. The first-order valence-electron chi connectivity index (χ1n) is 10.8. The number of allylic oxidation sites excluding steroid dienone is 1. The smallest absolute Gasteiger partial charge is 0.0909 e. The lowest BCUT2D eigenvalue weighted by Gasteiger charge is -2.16. The Kier molecular flexibility index (Phi) is 8.00. The zero-order valence-corrected chi connectivity index (χ0v) is 19.2. The zero-order valence-electron chi connectivity index (χ0n) is 18.4. The molecule has 2 nitrogen and oxygen atoms in total. The first-order chi connectivity index (χ1) is 14.1. The van der Waals surface area contributed by atoms with Gasteiger partial charge in [-0.1, -0.05) is 30.3 Å². The Balaban J connectivity index is 1.53. The number of nitrogens with zero attached hydrogens (tertiary/aromatic N) is 2. The van der Waals surface area contributed by atoms with E-state index in [-0.39, 0.29) is 0 Å². The van der Waals surface area contributed by atoms with Crippen LogP contribution in [0.3, 0.4) is 0 Å². The Labute approximate surface area is 181 Å². The predicted octanol–water partition coefficient (Wildman–Crippen LogP) is 6.82. The maximum Gasteiger partial charge on any atom is 0.0909 e. The van der Waals surface area contributed by atoms with Gasteiger partial charge in [-0.05, 0) is 97.7 Å². The quantitative estimate of drug-likeness (QED) is 0.271. The van der Waals surface area contributed by atoms with Crippen LogP contribution in [-0.2, 0) is 19.3 Å². The van der Waals surface area contributed by atoms with Crippen LogP contribution in [0.15, 0.2) is 46.8 Å². The Morgan fingerprint density at radius 1 is 1.10 bits per heavy atom. The normalized spacial score (nSPS) is 14.3. The van der Waals surface area contributed by atoms with Gasteiger partial charge in [-0.15, -0.1) is 11.8 Å². The van der Waals surface area contributed by atoms with Gasteiger partial charge in [0.2, 0.25) is 0 Å². The third kappa shape index (κ3) is 6.24. The SMILES string of the molecule is CCN(C)C=Nc1ccc(CCS/C=C(\C)c2ccc3c(c2)CCCC3)cc1C. The summed E-state index contributed by atoms with van der Waals surface area (Å²) >= 11 is 1.92. The lowest BCUT2D eigenvalue weighted by atomic mass is 9.89. The molecule has 0 atom stereocenters. The molecule has 0 spiro atoms. The van der Waals surface area contributed by atoms with Gasteiger partial charge >= 0.3 is 0 Å². The lowest BCUT2D eigenvalue weighted by molar-refractivity contribution is 0.552. The van der Waals surface area contributed by atoms with E-state index in [9.17, 15) is 0 Å². The number of hydrogen-bond donors (Lipinski definition) is 0. The van der Waals surface area contributed by atoms with E-state index in [1.54, 1.807) is 11.1 Å². The molecule has 0 aromatic heterocycles. The molecule has 0 amide bonds. The topological polar surface area (TPSA) is 15.6 Å². The molecule has 0 saturated carbocycles. The summed E-state index contributed by atoms with van der Waals surface area (Å²) in [5.41, 5.74) is 9.58. The fourth-order valence-electron chi connectivity index (χ4n) is 3.67. The van der Waals surface area contributed by atoms with Crippen molar-refractivity contribution < 1.29 is 0 Å². The molecular formula is C26H34N2S. The van der Waals surface area contributed by atoms with Gasteiger partial charge in [0.25, 0.3) is 0 Å². The van der Waals surface area contributed by atoms with Crippen molar-refractivity contribution >= 4 is 29.4 Å². The van der Waals surface area contributed by atoms with Gasteiger partial charge in [0.15, 0.2) is 0 Å². The number of thioether (sulfide) groups is 1. The van der Waals surface area contributed by atoms with Crippen LogP contribution >= 0.6 is 11.8 Å². The number of benzene rings is 2. The number of aryl methyl sites for hydroxylation is 4. The van der Waals surface area contributed by atoms with Crippen molar-refractivity contribution in [2.45, 2.75) is 52.9 Å². The van der Waals surface area contributed by atoms with Crippen LogP contribution in [0.4, 0.5) is 5.69 Å². The summed E-state index contributed by atoms with van der Waals surface area (Å²) in [4.78, 5) is 6.67. The molecule has 1 aliphatic rings. The summed E-state index contributed by atoms with van der Waals surface area (Å²) in [6.07, 6.45) is 8.18. The molecule has 154 valence electrons. The van der Waals surface area contributed by atoms with Crippen molar-refractivity contribution in [1.82, 2.24) is 4.90 Å². The largest absolute Gasteiger partial charge is 0.366 e. The number of aliphatic imine (C=N–C) groups is 1. The average Bonchev–Trinajstić information content (AvgIpc) is 2.75. The van der Waals surface area contributed by atoms with E-state index in [0.717, 1.165) is 24.4 Å². The summed E-state index contributed by atoms with van der Waals surface area (Å²) in [5.74, 6) is 1.10. The Morgan fingerprint density at radius 2 is 1.90 bits per heavy atom. The summed E-state index contributed by atoms with van der Waals surface area (Å²) in [6, 6.07) is 13.7. The fourth-order valence-corrected chi connectivity index (χ4v) is 4.53. The molecule has 2 aromatic rings. The molecule has 0 saturated heterocycles. The minimum Gasteiger partial charge on any atom is -0.366 e. The van der Waals surface area contributed by atoms with Crippen LogP contribution in [0.5, 0.6) is 0 Å². The van der Waals surface area contributed by atoms with E-state index in [4.69, 9.17) is 0 Å². The van der Waals surface area contributed by atoms with Gasteiger partial charge < -0.3 is 4.90 Å². The molecule has 3 rings (SSSR count). The molecule has 0 unspecified atom stereocenters. The van der Waals surface area contributed by atoms with Crippen LogP contribution < -0.4 is 0 Å². The van der Waals surface area contributed by atoms with E-state index in [1.165, 1.54) is 47.9 Å². The van der Waals surface area contributed by atoms with Crippen LogP contribution in [0, 0.1) is 6.92 Å². The van der Waals surface area contributed by atoms with Crippen LogP contribution in [0.25, 0.3) is 5.57 Å². The molecule has 1 aliphatic carbocycles. The molecule has 0 radical (unpaired) electrons. The molecule has 3 heteroatoms. The standard InChI is InChI=1S/C26H34N2S/c1-5-28(4)19-27-26-13-10-22(16-20(26)2)14-15-29-18-21(3)24-12-11-23-8-6-7-9-25(23)17-24/h10-13,16-19H,5-9,14-15H2,1-4H3/b21-18+,27-19?. The Morgan fingerprint density at radius 3 is 2.66 bits per heavy atom. The maximum absolute atomic E-state index is 4.59. The van der Waals surface area contributed by atoms with Crippen molar-refractivity contribution in [3.8, 4) is 0 Å². The first kappa shape index (κ1) is 21.7. The third-order valence-corrected chi connectivity index (χ3v) is 6.69. The second-order valence-electron chi connectivity index (χ2n) is 8.05. The molecule has 2 aromatic carbocycles. The van der Waals surface area contributed by atoms with Crippen LogP contribution in [-0.4, -0.2) is 30.6 Å². The zero-order chi connectivity index (χ0) is 20.6. The van der Waals surface area contributed by atoms with Crippen molar-refractivity contribution in [2.75, 3.05) is 19.3 Å². The second-order valence-corrected chi connectivity index (χ2v) is 9.03. The lowest BCUT2D eigenvalue weighted by Crippen LogP contribution is -2.14. The molecule has 0 bridgehead atoms. The van der Waals surface area contributed by atoms with Gasteiger partial charge in [-0.3, -0.25) is 0 Å². The van der Waals surface area contributed by atoms with E-state index in [1.807, 2.05) is 25.1 Å². The van der Waals surface area contributed by atoms with Crippen molar-refractivity contribution in [1.29, 1.82) is 0 Å². The summed E-state index contributed by atoms with van der Waals surface area (Å²) in [6.45, 7) is 7.48. The first-order valence-corrected chi connectivity index (χ1v) is 11.9. The predicted molar refractivity (Wildman–Crippen MR) is 131 cm³/mol. The Hall–Kier alpha value is -2.00. The molecule has 0 N–H and O–H groups in total. The van der Waals surface area contributed by atoms with E-state index >= 15 is 0 Å². The molecule has 0 fully saturated rings. The highest BCUT2D eigenvalue weighted by Crippen LogP contribution is 2.27. The van der Waals surface area contributed by atoms with Gasteiger partial charge in [-0.25, -0.2) is 4.99 Å². The second kappa shape index (κ2) is 10.7. The van der Waals surface area contributed by atoms with Gasteiger partial charge in [0.1, 0.15) is 0 Å². The minimum absolute atomic E-state index is 0.968. The van der Waals surface area contributed by atoms with Crippen molar-refractivity contribution in [2.24, 2.45) is 4.99 Å². The minimum atomic E-state index is 0.968. The highest BCUT2D eigenvalue weighted by Gasteiger charge is 2.09. The molecule has 0 aliphatic heterocycles. The number of hydrogen-bond acceptors (Lipinski definition) is 2. The molecule has 0 heterocycles. The molecule has 29 heavy (non-hydrogen) atoms. The number of rotatable bonds is 8.